The minimum Gasteiger partial charge on any atom is -0.498 e. The number of para-hydroxylation sites is 1. The van der Waals surface area contributed by atoms with Crippen LogP contribution in [0.25, 0.3) is 10.9 Å². The van der Waals surface area contributed by atoms with Crippen LogP contribution in [-0.2, 0) is 9.47 Å². The molecule has 2 aromatic rings. The molecule has 1 aromatic heterocycles. The average molecular weight is 328 g/mol. The number of hydrogen-bond donors (Lipinski definition) is 2. The zero-order chi connectivity index (χ0) is 17.3. The summed E-state index contributed by atoms with van der Waals surface area (Å²) in [5.41, 5.74) is 1.99. The second kappa shape index (κ2) is 6.34. The van der Waals surface area contributed by atoms with Crippen molar-refractivity contribution in [1.82, 2.24) is 4.98 Å². The van der Waals surface area contributed by atoms with Gasteiger partial charge < -0.3 is 24.5 Å². The van der Waals surface area contributed by atoms with E-state index in [9.17, 15) is 5.11 Å². The third-order valence-corrected chi connectivity index (χ3v) is 4.62. The number of hydrogen-bond acceptors (Lipinski definition) is 4. The molecule has 1 aliphatic rings. The topological polar surface area (TPSA) is 57.7 Å². The van der Waals surface area contributed by atoms with Gasteiger partial charge in [0.15, 0.2) is 11.8 Å². The lowest BCUT2D eigenvalue weighted by Gasteiger charge is -2.46. The molecule has 3 rings (SSSR count). The van der Waals surface area contributed by atoms with Crippen LogP contribution in [0.4, 0.5) is 5.69 Å². The molecule has 1 heterocycles. The molecule has 24 heavy (non-hydrogen) atoms. The Morgan fingerprint density at radius 2 is 2.04 bits per heavy atom. The van der Waals surface area contributed by atoms with Crippen LogP contribution in [0.3, 0.4) is 0 Å². The number of benzene rings is 1. The van der Waals surface area contributed by atoms with Gasteiger partial charge in [-0.05, 0) is 37.6 Å². The normalized spacial score (nSPS) is 23.8. The first kappa shape index (κ1) is 16.6. The highest BCUT2D eigenvalue weighted by Gasteiger charge is 2.46. The van der Waals surface area contributed by atoms with Crippen molar-refractivity contribution in [1.29, 1.82) is 0 Å². The Morgan fingerprint density at radius 1 is 1.29 bits per heavy atom. The van der Waals surface area contributed by atoms with E-state index in [2.05, 4.69) is 16.0 Å². The minimum absolute atomic E-state index is 0.496. The van der Waals surface area contributed by atoms with E-state index >= 15 is 0 Å². The smallest absolute Gasteiger partial charge is 0.194 e. The standard InChI is InChI=1S/C19H24N2O3/c1-5-21(16-12-20-15-9-7-6-8-14(15)16)19(24-4)11-13(2)10-17(23-3)18(19)22/h6-12,18,20,22H,5H2,1-4H3/t18-,19-/m1/s1. The lowest BCUT2D eigenvalue weighted by molar-refractivity contribution is -0.0732. The number of ether oxygens (including phenoxy) is 2. The highest BCUT2D eigenvalue weighted by Crippen LogP contribution is 2.39. The van der Waals surface area contributed by atoms with Crippen LogP contribution < -0.4 is 4.90 Å². The number of likely N-dealkylation sites (N-methyl/N-ethyl adjacent to an activating group) is 1. The first-order valence-corrected chi connectivity index (χ1v) is 8.09. The Balaban J connectivity index is 2.16. The Kier molecular flexibility index (Phi) is 4.39. The number of aliphatic hydroxyl groups is 1. The van der Waals surface area contributed by atoms with Gasteiger partial charge in [0.2, 0.25) is 0 Å². The number of rotatable bonds is 5. The molecule has 0 unspecified atom stereocenters. The van der Waals surface area contributed by atoms with Gasteiger partial charge >= 0.3 is 0 Å². The van der Waals surface area contributed by atoms with Crippen molar-refractivity contribution in [2.45, 2.75) is 25.7 Å². The van der Waals surface area contributed by atoms with Crippen molar-refractivity contribution in [2.24, 2.45) is 0 Å². The van der Waals surface area contributed by atoms with Crippen LogP contribution >= 0.6 is 0 Å². The van der Waals surface area contributed by atoms with Gasteiger partial charge in [0.1, 0.15) is 5.76 Å². The van der Waals surface area contributed by atoms with E-state index in [-0.39, 0.29) is 0 Å². The number of aliphatic hydroxyl groups excluding tert-OH is 1. The molecule has 0 bridgehead atoms. The molecule has 5 heteroatoms. The average Bonchev–Trinajstić information content (AvgIpc) is 3.02. The van der Waals surface area contributed by atoms with E-state index in [4.69, 9.17) is 9.47 Å². The van der Waals surface area contributed by atoms with Crippen LogP contribution in [0.1, 0.15) is 13.8 Å². The molecule has 1 aromatic carbocycles. The Morgan fingerprint density at radius 3 is 2.71 bits per heavy atom. The maximum absolute atomic E-state index is 11.0. The van der Waals surface area contributed by atoms with Crippen molar-refractivity contribution in [3.05, 3.63) is 53.9 Å². The van der Waals surface area contributed by atoms with Gasteiger partial charge in [-0.15, -0.1) is 0 Å². The van der Waals surface area contributed by atoms with Crippen LogP contribution in [0.15, 0.2) is 53.9 Å². The Labute approximate surface area is 142 Å². The highest BCUT2D eigenvalue weighted by molar-refractivity contribution is 5.93. The Bertz CT molecular complexity index is 793. The highest BCUT2D eigenvalue weighted by atomic mass is 16.5. The van der Waals surface area contributed by atoms with Gasteiger partial charge in [-0.2, -0.15) is 0 Å². The molecule has 1 aliphatic carbocycles. The number of nitrogens with one attached hydrogen (secondary N) is 1. The molecular weight excluding hydrogens is 304 g/mol. The van der Waals surface area contributed by atoms with Gasteiger partial charge in [-0.1, -0.05) is 18.2 Å². The summed E-state index contributed by atoms with van der Waals surface area (Å²) in [6.07, 6.45) is 4.82. The molecule has 128 valence electrons. The number of nitrogens with zero attached hydrogens (tertiary/aromatic N) is 1. The molecule has 0 saturated heterocycles. The summed E-state index contributed by atoms with van der Waals surface area (Å²) in [6.45, 7) is 4.68. The van der Waals surface area contributed by atoms with Crippen molar-refractivity contribution in [3.8, 4) is 0 Å². The van der Waals surface area contributed by atoms with Crippen molar-refractivity contribution in [3.63, 3.8) is 0 Å². The molecule has 5 nitrogen and oxygen atoms in total. The second-order valence-electron chi connectivity index (χ2n) is 5.96. The summed E-state index contributed by atoms with van der Waals surface area (Å²) < 4.78 is 11.3. The number of methoxy groups -OCH3 is 2. The fourth-order valence-electron chi connectivity index (χ4n) is 3.52. The SMILES string of the molecule is CCN(c1c[nH]c2ccccc12)[C@@]1(OC)C=C(C)C=C(OC)[C@H]1O. The minimum atomic E-state index is -1.02. The zero-order valence-electron chi connectivity index (χ0n) is 14.5. The summed E-state index contributed by atoms with van der Waals surface area (Å²) in [6, 6.07) is 8.10. The summed E-state index contributed by atoms with van der Waals surface area (Å²) in [7, 11) is 3.18. The number of anilines is 1. The van der Waals surface area contributed by atoms with E-state index in [1.54, 1.807) is 14.2 Å². The third-order valence-electron chi connectivity index (χ3n) is 4.62. The van der Waals surface area contributed by atoms with Gasteiger partial charge in [0.25, 0.3) is 0 Å². The van der Waals surface area contributed by atoms with Gasteiger partial charge in [-0.3, -0.25) is 0 Å². The van der Waals surface area contributed by atoms with E-state index in [0.717, 1.165) is 22.2 Å². The molecular formula is C19H24N2O3. The summed E-state index contributed by atoms with van der Waals surface area (Å²) in [5.74, 6) is 0.496. The largest absolute Gasteiger partial charge is 0.498 e. The third kappa shape index (κ3) is 2.41. The molecule has 0 amide bonds. The molecule has 2 N–H and O–H groups in total. The van der Waals surface area contributed by atoms with E-state index in [1.807, 2.05) is 50.4 Å². The number of aromatic nitrogens is 1. The van der Waals surface area contributed by atoms with Crippen molar-refractivity contribution >= 4 is 16.6 Å². The van der Waals surface area contributed by atoms with Crippen molar-refractivity contribution < 1.29 is 14.6 Å². The molecule has 0 aliphatic heterocycles. The lowest BCUT2D eigenvalue weighted by Crippen LogP contribution is -2.59. The van der Waals surface area contributed by atoms with E-state index < -0.39 is 11.8 Å². The monoisotopic (exact) mass is 328 g/mol. The number of allylic oxidation sites excluding steroid dienone is 2. The zero-order valence-corrected chi connectivity index (χ0v) is 14.5. The molecule has 0 fully saturated rings. The number of aromatic amines is 1. The van der Waals surface area contributed by atoms with Gasteiger partial charge in [0.05, 0.1) is 12.8 Å². The van der Waals surface area contributed by atoms with Crippen LogP contribution in [0, 0.1) is 0 Å². The van der Waals surface area contributed by atoms with E-state index in [0.29, 0.717) is 12.3 Å². The first-order valence-electron chi connectivity index (χ1n) is 8.09. The fourth-order valence-corrected chi connectivity index (χ4v) is 3.52. The quantitative estimate of drug-likeness (QED) is 0.828. The summed E-state index contributed by atoms with van der Waals surface area (Å²) in [4.78, 5) is 5.35. The van der Waals surface area contributed by atoms with Crippen LogP contribution in [0.5, 0.6) is 0 Å². The first-order chi connectivity index (χ1) is 11.6. The Hall–Kier alpha value is -2.24. The predicted molar refractivity (Wildman–Crippen MR) is 95.9 cm³/mol. The van der Waals surface area contributed by atoms with Gasteiger partial charge in [0, 0.05) is 30.8 Å². The molecule has 0 saturated carbocycles. The molecule has 2 atom stereocenters. The molecule has 0 radical (unpaired) electrons. The predicted octanol–water partition coefficient (Wildman–Crippen LogP) is 3.19. The maximum atomic E-state index is 11.0. The van der Waals surface area contributed by atoms with Gasteiger partial charge in [-0.25, -0.2) is 0 Å². The lowest BCUT2D eigenvalue weighted by atomic mass is 9.92. The number of H-pyrrole nitrogens is 1. The fraction of sp³-hybridized carbons (Fsp3) is 0.368. The van der Waals surface area contributed by atoms with Crippen molar-refractivity contribution in [2.75, 3.05) is 25.7 Å². The van der Waals surface area contributed by atoms with Crippen LogP contribution in [-0.4, -0.2) is 42.7 Å². The summed E-state index contributed by atoms with van der Waals surface area (Å²) in [5, 5.41) is 12.0. The molecule has 0 spiro atoms. The van der Waals surface area contributed by atoms with Crippen LogP contribution in [0.2, 0.25) is 0 Å². The number of fused-ring (bicyclic) bond motifs is 1. The van der Waals surface area contributed by atoms with E-state index in [1.165, 1.54) is 0 Å². The summed E-state index contributed by atoms with van der Waals surface area (Å²) >= 11 is 0. The second-order valence-corrected chi connectivity index (χ2v) is 5.96. The maximum Gasteiger partial charge on any atom is 0.194 e.